The summed E-state index contributed by atoms with van der Waals surface area (Å²) >= 11 is 0. The highest BCUT2D eigenvalue weighted by Crippen LogP contribution is 2.32. The summed E-state index contributed by atoms with van der Waals surface area (Å²) < 4.78 is 58.4. The summed E-state index contributed by atoms with van der Waals surface area (Å²) in [5, 5.41) is 8.07. The van der Waals surface area contributed by atoms with E-state index in [9.17, 15) is 22.4 Å². The van der Waals surface area contributed by atoms with Gasteiger partial charge in [-0.2, -0.15) is 13.9 Å². The summed E-state index contributed by atoms with van der Waals surface area (Å²) in [5.74, 6) is -3.00. The van der Waals surface area contributed by atoms with Crippen molar-refractivity contribution in [1.29, 1.82) is 0 Å². The zero-order valence-corrected chi connectivity index (χ0v) is 21.1. The number of aromatic amines is 1. The molecule has 0 bridgehead atoms. The standard InChI is InChI=1S/C25H27F4N7O2/c1-24(2,3)33-22(37)16-10-30-21-20(16)32-17(11-31-21)19-15-9-14(38-23(26)27)5-6-18(15)36(34-19)8-4-7-35-12-25(28,29)13-35/h5-6,9-11,23H,4,7-8,12-13H2,1-3H3,(H,30,31)(H,33,37). The molecule has 1 amide bonds. The second-order valence-electron chi connectivity index (χ2n) is 10.4. The van der Waals surface area contributed by atoms with Crippen molar-refractivity contribution < 1.29 is 27.1 Å². The minimum atomic E-state index is -3.00. The third kappa shape index (κ3) is 5.42. The Hall–Kier alpha value is -3.74. The zero-order valence-electron chi connectivity index (χ0n) is 21.1. The smallest absolute Gasteiger partial charge is 0.387 e. The fraction of sp³-hybridized carbons (Fsp3) is 0.440. The van der Waals surface area contributed by atoms with E-state index in [1.165, 1.54) is 24.5 Å². The second kappa shape index (κ2) is 9.53. The van der Waals surface area contributed by atoms with E-state index in [0.29, 0.717) is 58.5 Å². The van der Waals surface area contributed by atoms with Crippen LogP contribution in [-0.2, 0) is 6.54 Å². The van der Waals surface area contributed by atoms with Crippen molar-refractivity contribution in [1.82, 2.24) is 34.9 Å². The number of benzene rings is 1. The summed E-state index contributed by atoms with van der Waals surface area (Å²) in [5.41, 5.74) is 1.93. The van der Waals surface area contributed by atoms with Gasteiger partial charge in [-0.15, -0.1) is 0 Å². The van der Waals surface area contributed by atoms with Crippen molar-refractivity contribution in [2.75, 3.05) is 19.6 Å². The molecule has 1 aromatic carbocycles. The lowest BCUT2D eigenvalue weighted by Gasteiger charge is -2.38. The number of carbonyl (C=O) groups is 1. The predicted molar refractivity (Wildman–Crippen MR) is 132 cm³/mol. The molecule has 0 atom stereocenters. The Labute approximate surface area is 215 Å². The number of H-pyrrole nitrogens is 1. The average molecular weight is 534 g/mol. The van der Waals surface area contributed by atoms with Gasteiger partial charge in [-0.05, 0) is 45.4 Å². The van der Waals surface area contributed by atoms with Crippen molar-refractivity contribution in [3.63, 3.8) is 0 Å². The lowest BCUT2D eigenvalue weighted by molar-refractivity contribution is -0.130. The van der Waals surface area contributed by atoms with Gasteiger partial charge in [0, 0.05) is 30.2 Å². The van der Waals surface area contributed by atoms with Crippen LogP contribution in [0.1, 0.15) is 37.6 Å². The number of fused-ring (bicyclic) bond motifs is 2. The van der Waals surface area contributed by atoms with Crippen LogP contribution in [0, 0.1) is 0 Å². The SMILES string of the molecule is CC(C)(C)NC(=O)c1c[nH]c2ncc(-c3nn(CCCN4CC(F)(F)C4)c4ccc(OC(F)F)cc34)nc12. The highest BCUT2D eigenvalue weighted by molar-refractivity contribution is 6.05. The lowest BCUT2D eigenvalue weighted by Crippen LogP contribution is -2.56. The van der Waals surface area contributed by atoms with Crippen LogP contribution in [-0.4, -0.2) is 73.2 Å². The first-order valence-corrected chi connectivity index (χ1v) is 12.1. The number of hydrogen-bond donors (Lipinski definition) is 2. The lowest BCUT2D eigenvalue weighted by atomic mass is 10.1. The van der Waals surface area contributed by atoms with Crippen LogP contribution in [0.3, 0.4) is 0 Å². The molecule has 202 valence electrons. The molecule has 4 heterocycles. The Morgan fingerprint density at radius 3 is 2.68 bits per heavy atom. The number of halogens is 4. The highest BCUT2D eigenvalue weighted by Gasteiger charge is 2.43. The number of aromatic nitrogens is 5. The Kier molecular flexibility index (Phi) is 6.49. The monoisotopic (exact) mass is 533 g/mol. The Balaban J connectivity index is 1.50. The molecule has 4 aromatic rings. The van der Waals surface area contributed by atoms with Crippen molar-refractivity contribution >= 4 is 28.0 Å². The van der Waals surface area contributed by atoms with Crippen LogP contribution < -0.4 is 10.1 Å². The maximum atomic E-state index is 13.1. The number of aryl methyl sites for hydroxylation is 1. The van der Waals surface area contributed by atoms with E-state index in [2.05, 4.69) is 30.1 Å². The van der Waals surface area contributed by atoms with E-state index in [0.717, 1.165) is 0 Å². The zero-order chi connectivity index (χ0) is 27.2. The maximum Gasteiger partial charge on any atom is 0.387 e. The minimum Gasteiger partial charge on any atom is -0.435 e. The quantitative estimate of drug-likeness (QED) is 0.325. The number of rotatable bonds is 8. The average Bonchev–Trinajstić information content (AvgIpc) is 3.37. The van der Waals surface area contributed by atoms with Crippen LogP contribution in [0.15, 0.2) is 30.6 Å². The van der Waals surface area contributed by atoms with E-state index in [1.807, 2.05) is 20.8 Å². The van der Waals surface area contributed by atoms with Crippen LogP contribution in [0.25, 0.3) is 33.5 Å². The van der Waals surface area contributed by atoms with Gasteiger partial charge in [0.05, 0.1) is 30.4 Å². The molecular weight excluding hydrogens is 506 g/mol. The molecule has 13 heteroatoms. The molecule has 1 aliphatic rings. The first-order chi connectivity index (χ1) is 17.9. The largest absolute Gasteiger partial charge is 0.435 e. The molecule has 2 N–H and O–H groups in total. The topological polar surface area (TPSA) is 101 Å². The van der Waals surface area contributed by atoms with Gasteiger partial charge in [-0.1, -0.05) is 0 Å². The first-order valence-electron chi connectivity index (χ1n) is 12.1. The number of amides is 1. The number of alkyl halides is 4. The number of carbonyl (C=O) groups excluding carboxylic acids is 1. The third-order valence-corrected chi connectivity index (χ3v) is 6.06. The molecule has 0 saturated carbocycles. The third-order valence-electron chi connectivity index (χ3n) is 6.06. The van der Waals surface area contributed by atoms with Crippen LogP contribution in [0.2, 0.25) is 0 Å². The molecule has 38 heavy (non-hydrogen) atoms. The van der Waals surface area contributed by atoms with Gasteiger partial charge in [0.25, 0.3) is 11.8 Å². The summed E-state index contributed by atoms with van der Waals surface area (Å²) in [4.78, 5) is 26.5. The highest BCUT2D eigenvalue weighted by atomic mass is 19.3. The molecule has 0 spiro atoms. The van der Waals surface area contributed by atoms with Gasteiger partial charge < -0.3 is 15.0 Å². The van der Waals surface area contributed by atoms with Crippen molar-refractivity contribution in [2.45, 2.75) is 51.8 Å². The minimum absolute atomic E-state index is 0.0444. The molecule has 3 aromatic heterocycles. The number of nitrogens with one attached hydrogen (secondary N) is 2. The Morgan fingerprint density at radius 2 is 2.00 bits per heavy atom. The van der Waals surface area contributed by atoms with Gasteiger partial charge in [-0.3, -0.25) is 14.4 Å². The summed E-state index contributed by atoms with van der Waals surface area (Å²) in [7, 11) is 0. The van der Waals surface area contributed by atoms with E-state index >= 15 is 0 Å². The number of ether oxygens (including phenoxy) is 1. The van der Waals surface area contributed by atoms with Gasteiger partial charge in [0.15, 0.2) is 5.65 Å². The summed E-state index contributed by atoms with van der Waals surface area (Å²) in [6.45, 7) is 2.95. The fourth-order valence-corrected chi connectivity index (χ4v) is 4.49. The number of likely N-dealkylation sites (tertiary alicyclic amines) is 1. The molecule has 0 radical (unpaired) electrons. The molecular formula is C25H27F4N7O2. The molecule has 1 fully saturated rings. The first kappa shape index (κ1) is 25.9. The van der Waals surface area contributed by atoms with E-state index in [1.54, 1.807) is 15.6 Å². The maximum absolute atomic E-state index is 13.1. The van der Waals surface area contributed by atoms with Crippen molar-refractivity contribution in [3.05, 3.63) is 36.2 Å². The number of hydrogen-bond acceptors (Lipinski definition) is 6. The molecule has 1 aliphatic heterocycles. The molecule has 1 saturated heterocycles. The molecule has 5 rings (SSSR count). The summed E-state index contributed by atoms with van der Waals surface area (Å²) in [6.07, 6.45) is 3.57. The Morgan fingerprint density at radius 1 is 1.24 bits per heavy atom. The van der Waals surface area contributed by atoms with Gasteiger partial charge in [0.2, 0.25) is 0 Å². The predicted octanol–water partition coefficient (Wildman–Crippen LogP) is 4.45. The molecule has 0 aliphatic carbocycles. The van der Waals surface area contributed by atoms with Crippen LogP contribution >= 0.6 is 0 Å². The normalized spacial score (nSPS) is 15.8. The van der Waals surface area contributed by atoms with Gasteiger partial charge in [-0.25, -0.2) is 18.7 Å². The molecule has 9 nitrogen and oxygen atoms in total. The van der Waals surface area contributed by atoms with Crippen molar-refractivity contribution in [2.24, 2.45) is 0 Å². The van der Waals surface area contributed by atoms with Gasteiger partial charge in [0.1, 0.15) is 22.7 Å². The second-order valence-corrected chi connectivity index (χ2v) is 10.4. The van der Waals surface area contributed by atoms with E-state index in [-0.39, 0.29) is 24.7 Å². The van der Waals surface area contributed by atoms with E-state index in [4.69, 9.17) is 0 Å². The van der Waals surface area contributed by atoms with Gasteiger partial charge >= 0.3 is 6.61 Å². The van der Waals surface area contributed by atoms with E-state index < -0.39 is 18.1 Å². The number of nitrogens with zero attached hydrogens (tertiary/aromatic N) is 5. The molecule has 0 unspecified atom stereocenters. The Bertz CT molecular complexity index is 1480. The van der Waals surface area contributed by atoms with Crippen LogP contribution in [0.5, 0.6) is 5.75 Å². The van der Waals surface area contributed by atoms with Crippen LogP contribution in [0.4, 0.5) is 17.6 Å². The van der Waals surface area contributed by atoms with Crippen molar-refractivity contribution in [3.8, 4) is 17.1 Å². The fourth-order valence-electron chi connectivity index (χ4n) is 4.49. The summed E-state index contributed by atoms with van der Waals surface area (Å²) in [6, 6.07) is 4.49.